The maximum absolute atomic E-state index is 13.0. The minimum atomic E-state index is -0.249. The molecule has 4 nitrogen and oxygen atoms in total. The quantitative estimate of drug-likeness (QED) is 0.817. The summed E-state index contributed by atoms with van der Waals surface area (Å²) in [5.41, 5.74) is 2.19. The van der Waals surface area contributed by atoms with Crippen LogP contribution in [0.2, 0.25) is 0 Å². The van der Waals surface area contributed by atoms with Crippen LogP contribution < -0.4 is 0 Å². The second kappa shape index (κ2) is 7.39. The maximum Gasteiger partial charge on any atom is 0.228 e. The normalized spacial score (nSPS) is 21.6. The number of H-pyrrole nitrogens is 1. The van der Waals surface area contributed by atoms with E-state index in [0.717, 1.165) is 57.1 Å². The van der Waals surface area contributed by atoms with Crippen molar-refractivity contribution in [3.05, 3.63) is 36.0 Å². The minimum absolute atomic E-state index is 0.171. The van der Waals surface area contributed by atoms with E-state index >= 15 is 0 Å². The number of hydrogen-bond acceptors (Lipinski definition) is 2. The van der Waals surface area contributed by atoms with Gasteiger partial charge in [-0.15, -0.1) is 0 Å². The number of aromatic amines is 1. The first-order valence-electron chi connectivity index (χ1n) is 9.15. The number of fused-ring (bicyclic) bond motifs is 1. The summed E-state index contributed by atoms with van der Waals surface area (Å²) in [5, 5.41) is 10.4. The van der Waals surface area contributed by atoms with Crippen molar-refractivity contribution in [1.29, 1.82) is 0 Å². The number of aromatic nitrogens is 1. The summed E-state index contributed by atoms with van der Waals surface area (Å²) in [6.45, 7) is 3.92. The molecule has 0 bridgehead atoms. The average molecular weight is 328 g/mol. The lowest BCUT2D eigenvalue weighted by Crippen LogP contribution is -2.49. The standard InChI is InChI=1S/C20H28N2O2/c1-2-20(11-6-14-23)10-5-12-22(19(20)24)13-9-16-15-21-18-8-4-3-7-17(16)18/h3-4,7-8,15,21,23H,2,5-6,9-14H2,1H3/t20-/m0/s1. The molecule has 0 unspecified atom stereocenters. The number of piperidine rings is 1. The van der Waals surface area contributed by atoms with E-state index < -0.39 is 0 Å². The molecule has 4 heteroatoms. The zero-order valence-electron chi connectivity index (χ0n) is 14.6. The van der Waals surface area contributed by atoms with Crippen molar-refractivity contribution in [3.63, 3.8) is 0 Å². The molecule has 0 spiro atoms. The Labute approximate surface area is 143 Å². The van der Waals surface area contributed by atoms with Gasteiger partial charge in [-0.25, -0.2) is 0 Å². The van der Waals surface area contributed by atoms with Crippen LogP contribution in [-0.2, 0) is 11.2 Å². The second-order valence-corrected chi connectivity index (χ2v) is 6.97. The van der Waals surface area contributed by atoms with Gasteiger partial charge in [-0.05, 0) is 50.2 Å². The highest BCUT2D eigenvalue weighted by atomic mass is 16.3. The molecule has 1 aromatic heterocycles. The summed E-state index contributed by atoms with van der Waals surface area (Å²) in [7, 11) is 0. The average Bonchev–Trinajstić information content (AvgIpc) is 3.03. The molecule has 1 amide bonds. The number of nitrogens with one attached hydrogen (secondary N) is 1. The molecular weight excluding hydrogens is 300 g/mol. The summed E-state index contributed by atoms with van der Waals surface area (Å²) in [6, 6.07) is 8.31. The lowest BCUT2D eigenvalue weighted by atomic mass is 9.73. The van der Waals surface area contributed by atoms with Crippen molar-refractivity contribution in [3.8, 4) is 0 Å². The van der Waals surface area contributed by atoms with Gasteiger partial charge in [-0.2, -0.15) is 0 Å². The number of amides is 1. The van der Waals surface area contributed by atoms with E-state index in [4.69, 9.17) is 5.11 Å². The predicted octanol–water partition coefficient (Wildman–Crippen LogP) is 3.50. The Hall–Kier alpha value is -1.81. The van der Waals surface area contributed by atoms with Crippen molar-refractivity contribution in [1.82, 2.24) is 9.88 Å². The fourth-order valence-corrected chi connectivity index (χ4v) is 4.11. The molecule has 0 aliphatic carbocycles. The molecular formula is C20H28N2O2. The Kier molecular flexibility index (Phi) is 5.24. The number of carbonyl (C=O) groups is 1. The third-order valence-corrected chi connectivity index (χ3v) is 5.64. The van der Waals surface area contributed by atoms with E-state index in [2.05, 4.69) is 36.3 Å². The van der Waals surface area contributed by atoms with Crippen LogP contribution in [0.15, 0.2) is 30.5 Å². The zero-order chi connectivity index (χ0) is 17.0. The van der Waals surface area contributed by atoms with Crippen molar-refractivity contribution < 1.29 is 9.90 Å². The van der Waals surface area contributed by atoms with Crippen LogP contribution in [0.5, 0.6) is 0 Å². The monoisotopic (exact) mass is 328 g/mol. The van der Waals surface area contributed by atoms with Gasteiger partial charge in [0.1, 0.15) is 0 Å². The number of aliphatic hydroxyl groups excluding tert-OH is 1. The van der Waals surface area contributed by atoms with Crippen molar-refractivity contribution in [2.45, 2.75) is 45.4 Å². The molecule has 24 heavy (non-hydrogen) atoms. The lowest BCUT2D eigenvalue weighted by Gasteiger charge is -2.41. The number of benzene rings is 1. The van der Waals surface area contributed by atoms with Gasteiger partial charge in [0.25, 0.3) is 0 Å². The maximum atomic E-state index is 13.0. The predicted molar refractivity (Wildman–Crippen MR) is 96.9 cm³/mol. The fraction of sp³-hybridized carbons (Fsp3) is 0.550. The number of aliphatic hydroxyl groups is 1. The molecule has 1 fully saturated rings. The lowest BCUT2D eigenvalue weighted by molar-refractivity contribution is -0.147. The molecule has 2 aromatic rings. The van der Waals surface area contributed by atoms with Gasteiger partial charge in [-0.1, -0.05) is 25.1 Å². The largest absolute Gasteiger partial charge is 0.396 e. The number of carbonyl (C=O) groups excluding carboxylic acids is 1. The van der Waals surface area contributed by atoms with Gasteiger partial charge in [0.05, 0.1) is 0 Å². The third kappa shape index (κ3) is 3.20. The minimum Gasteiger partial charge on any atom is -0.396 e. The highest BCUT2D eigenvalue weighted by Gasteiger charge is 2.41. The van der Waals surface area contributed by atoms with Gasteiger partial charge >= 0.3 is 0 Å². The van der Waals surface area contributed by atoms with Crippen molar-refractivity contribution >= 4 is 16.8 Å². The Balaban J connectivity index is 1.69. The van der Waals surface area contributed by atoms with E-state index in [1.165, 1.54) is 10.9 Å². The highest BCUT2D eigenvalue weighted by molar-refractivity contribution is 5.84. The number of para-hydroxylation sites is 1. The molecule has 1 aliphatic rings. The van der Waals surface area contributed by atoms with Gasteiger partial charge in [0.2, 0.25) is 5.91 Å². The number of nitrogens with zero attached hydrogens (tertiary/aromatic N) is 1. The van der Waals surface area contributed by atoms with Crippen LogP contribution in [-0.4, -0.2) is 40.6 Å². The molecule has 1 atom stereocenters. The van der Waals surface area contributed by atoms with E-state index in [9.17, 15) is 4.79 Å². The second-order valence-electron chi connectivity index (χ2n) is 6.97. The SMILES string of the molecule is CC[C@@]1(CCCO)CCCN(CCc2c[nH]c3ccccc23)C1=O. The van der Waals surface area contributed by atoms with Crippen LogP contribution in [0.3, 0.4) is 0 Å². The number of likely N-dealkylation sites (tertiary alicyclic amines) is 1. The van der Waals surface area contributed by atoms with Gasteiger partial charge in [0, 0.05) is 42.2 Å². The van der Waals surface area contributed by atoms with Gasteiger partial charge in [0.15, 0.2) is 0 Å². The molecule has 1 aromatic carbocycles. The van der Waals surface area contributed by atoms with Crippen LogP contribution in [0.1, 0.15) is 44.6 Å². The number of rotatable bonds is 7. The molecule has 0 saturated carbocycles. The Morgan fingerprint density at radius 3 is 2.96 bits per heavy atom. The Morgan fingerprint density at radius 2 is 2.17 bits per heavy atom. The molecule has 2 N–H and O–H groups in total. The third-order valence-electron chi connectivity index (χ3n) is 5.64. The van der Waals surface area contributed by atoms with Crippen LogP contribution in [0, 0.1) is 5.41 Å². The molecule has 0 radical (unpaired) electrons. The first-order valence-corrected chi connectivity index (χ1v) is 9.15. The summed E-state index contributed by atoms with van der Waals surface area (Å²) in [4.78, 5) is 18.4. The Morgan fingerprint density at radius 1 is 1.33 bits per heavy atom. The molecule has 1 saturated heterocycles. The molecule has 2 heterocycles. The van der Waals surface area contributed by atoms with E-state index in [1.807, 2.05) is 11.0 Å². The van der Waals surface area contributed by atoms with E-state index in [0.29, 0.717) is 5.91 Å². The van der Waals surface area contributed by atoms with Crippen LogP contribution >= 0.6 is 0 Å². The first kappa shape index (κ1) is 17.0. The van der Waals surface area contributed by atoms with Crippen molar-refractivity contribution in [2.24, 2.45) is 5.41 Å². The Bertz CT molecular complexity index is 694. The van der Waals surface area contributed by atoms with Gasteiger partial charge < -0.3 is 15.0 Å². The summed E-state index contributed by atoms with van der Waals surface area (Å²) in [6.07, 6.45) is 7.38. The fourth-order valence-electron chi connectivity index (χ4n) is 4.11. The summed E-state index contributed by atoms with van der Waals surface area (Å²) < 4.78 is 0. The van der Waals surface area contributed by atoms with Crippen LogP contribution in [0.25, 0.3) is 10.9 Å². The zero-order valence-corrected chi connectivity index (χ0v) is 14.6. The smallest absolute Gasteiger partial charge is 0.228 e. The van der Waals surface area contributed by atoms with E-state index in [1.54, 1.807) is 0 Å². The van der Waals surface area contributed by atoms with Crippen LogP contribution in [0.4, 0.5) is 0 Å². The molecule has 1 aliphatic heterocycles. The topological polar surface area (TPSA) is 56.3 Å². The van der Waals surface area contributed by atoms with Gasteiger partial charge in [-0.3, -0.25) is 4.79 Å². The summed E-state index contributed by atoms with van der Waals surface area (Å²) in [5.74, 6) is 0.296. The van der Waals surface area contributed by atoms with Crippen molar-refractivity contribution in [2.75, 3.05) is 19.7 Å². The highest BCUT2D eigenvalue weighted by Crippen LogP contribution is 2.39. The molecule has 130 valence electrons. The summed E-state index contributed by atoms with van der Waals surface area (Å²) >= 11 is 0. The number of hydrogen-bond donors (Lipinski definition) is 2. The first-order chi connectivity index (χ1) is 11.7. The molecule has 3 rings (SSSR count). The van der Waals surface area contributed by atoms with E-state index in [-0.39, 0.29) is 12.0 Å².